The molecular weight excluding hydrogens is 306 g/mol. The summed E-state index contributed by atoms with van der Waals surface area (Å²) in [4.78, 5) is 37.6. The monoisotopic (exact) mass is 321 g/mol. The number of benzene rings is 2. The van der Waals surface area contributed by atoms with E-state index >= 15 is 0 Å². The van der Waals surface area contributed by atoms with Crippen LogP contribution in [-0.4, -0.2) is 29.4 Å². The molecule has 0 N–H and O–H groups in total. The van der Waals surface area contributed by atoms with Crippen molar-refractivity contribution >= 4 is 17.8 Å². The minimum atomic E-state index is -0.527. The molecule has 2 amide bonds. The van der Waals surface area contributed by atoms with E-state index in [-0.39, 0.29) is 6.73 Å². The highest BCUT2D eigenvalue weighted by Crippen LogP contribution is 2.24. The molecule has 0 fully saturated rings. The van der Waals surface area contributed by atoms with Gasteiger partial charge in [-0.3, -0.25) is 9.59 Å². The second-order valence-corrected chi connectivity index (χ2v) is 5.98. The molecule has 0 bridgehead atoms. The Labute approximate surface area is 138 Å². The van der Waals surface area contributed by atoms with Gasteiger partial charge in [0.25, 0.3) is 11.8 Å². The summed E-state index contributed by atoms with van der Waals surface area (Å²) in [6.07, 6.45) is 3.11. The molecule has 2 aromatic rings. The molecule has 1 heterocycles. The number of fused-ring (bicyclic) bond motifs is 2. The molecule has 5 nitrogen and oxygen atoms in total. The summed E-state index contributed by atoms with van der Waals surface area (Å²) < 4.78 is 5.19. The molecule has 2 aliphatic rings. The first kappa shape index (κ1) is 14.6. The van der Waals surface area contributed by atoms with Gasteiger partial charge >= 0.3 is 5.97 Å². The number of esters is 1. The highest BCUT2D eigenvalue weighted by atomic mass is 16.5. The number of carbonyl (C=O) groups is 3. The Morgan fingerprint density at radius 1 is 0.958 bits per heavy atom. The molecule has 0 saturated carbocycles. The zero-order valence-corrected chi connectivity index (χ0v) is 13.0. The predicted molar refractivity (Wildman–Crippen MR) is 85.7 cm³/mol. The van der Waals surface area contributed by atoms with Gasteiger partial charge in [-0.2, -0.15) is 0 Å². The van der Waals surface area contributed by atoms with E-state index in [2.05, 4.69) is 0 Å². The van der Waals surface area contributed by atoms with Crippen molar-refractivity contribution < 1.29 is 19.1 Å². The third kappa shape index (κ3) is 2.29. The Bertz CT molecular complexity index is 836. The molecule has 24 heavy (non-hydrogen) atoms. The average molecular weight is 321 g/mol. The van der Waals surface area contributed by atoms with E-state index in [1.165, 1.54) is 11.1 Å². The maximum atomic E-state index is 12.2. The van der Waals surface area contributed by atoms with Gasteiger partial charge in [-0.25, -0.2) is 9.69 Å². The Morgan fingerprint density at radius 2 is 1.62 bits per heavy atom. The normalized spacial score (nSPS) is 15.4. The Morgan fingerprint density at radius 3 is 2.33 bits per heavy atom. The number of ether oxygens (including phenoxy) is 1. The fraction of sp³-hybridized carbons (Fsp3) is 0.211. The second-order valence-electron chi connectivity index (χ2n) is 5.98. The van der Waals surface area contributed by atoms with Gasteiger partial charge in [0.05, 0.1) is 16.7 Å². The largest absolute Gasteiger partial charge is 0.440 e. The minimum Gasteiger partial charge on any atom is -0.440 e. The van der Waals surface area contributed by atoms with Crippen molar-refractivity contribution in [1.29, 1.82) is 0 Å². The number of nitrogens with zero attached hydrogens (tertiary/aromatic N) is 1. The van der Waals surface area contributed by atoms with Crippen LogP contribution in [0.2, 0.25) is 0 Å². The van der Waals surface area contributed by atoms with Gasteiger partial charge in [0.15, 0.2) is 6.73 Å². The number of hydrogen-bond acceptors (Lipinski definition) is 4. The molecule has 2 aromatic carbocycles. The second kappa shape index (κ2) is 5.60. The van der Waals surface area contributed by atoms with Crippen molar-refractivity contribution in [3.05, 3.63) is 70.3 Å². The van der Waals surface area contributed by atoms with Gasteiger partial charge in [-0.1, -0.05) is 18.2 Å². The Balaban J connectivity index is 1.47. The van der Waals surface area contributed by atoms with Gasteiger partial charge in [-0.15, -0.1) is 0 Å². The fourth-order valence-corrected chi connectivity index (χ4v) is 3.26. The van der Waals surface area contributed by atoms with Crippen molar-refractivity contribution in [3.8, 4) is 0 Å². The van der Waals surface area contributed by atoms with Gasteiger partial charge in [0.2, 0.25) is 0 Å². The fourth-order valence-electron chi connectivity index (χ4n) is 3.26. The van der Waals surface area contributed by atoms with E-state index in [4.69, 9.17) is 4.74 Å². The molecule has 4 rings (SSSR count). The van der Waals surface area contributed by atoms with E-state index in [0.29, 0.717) is 16.7 Å². The lowest BCUT2D eigenvalue weighted by Gasteiger charge is -2.14. The van der Waals surface area contributed by atoms with Crippen LogP contribution in [0, 0.1) is 0 Å². The molecule has 120 valence electrons. The summed E-state index contributed by atoms with van der Waals surface area (Å²) in [5.41, 5.74) is 3.58. The van der Waals surface area contributed by atoms with Crippen LogP contribution in [0.15, 0.2) is 42.5 Å². The van der Waals surface area contributed by atoms with Crippen molar-refractivity contribution in [3.63, 3.8) is 0 Å². The van der Waals surface area contributed by atoms with Crippen LogP contribution >= 0.6 is 0 Å². The van der Waals surface area contributed by atoms with Crippen LogP contribution < -0.4 is 0 Å². The van der Waals surface area contributed by atoms with Crippen LogP contribution in [0.1, 0.15) is 48.6 Å². The highest BCUT2D eigenvalue weighted by molar-refractivity contribution is 6.21. The smallest absolute Gasteiger partial charge is 0.339 e. The van der Waals surface area contributed by atoms with Crippen LogP contribution in [0.5, 0.6) is 0 Å². The van der Waals surface area contributed by atoms with Crippen LogP contribution in [0.3, 0.4) is 0 Å². The lowest BCUT2D eigenvalue weighted by atomic mass is 10.1. The number of amides is 2. The molecule has 0 radical (unpaired) electrons. The number of rotatable bonds is 3. The molecule has 5 heteroatoms. The number of aryl methyl sites for hydroxylation is 2. The maximum absolute atomic E-state index is 12.2. The third-order valence-corrected chi connectivity index (χ3v) is 4.54. The van der Waals surface area contributed by atoms with Crippen LogP contribution in [-0.2, 0) is 17.6 Å². The summed E-state index contributed by atoms with van der Waals surface area (Å²) in [6, 6.07) is 12.1. The number of imide groups is 1. The quantitative estimate of drug-likeness (QED) is 0.644. The van der Waals surface area contributed by atoms with E-state index < -0.39 is 17.8 Å². The van der Waals surface area contributed by atoms with Crippen molar-refractivity contribution in [2.75, 3.05) is 6.73 Å². The Hall–Kier alpha value is -2.95. The molecule has 1 aliphatic heterocycles. The predicted octanol–water partition coefficient (Wildman–Crippen LogP) is 2.59. The average Bonchev–Trinajstić information content (AvgIpc) is 3.17. The first-order valence-corrected chi connectivity index (χ1v) is 7.89. The summed E-state index contributed by atoms with van der Waals surface area (Å²) in [6.45, 7) is -0.373. The highest BCUT2D eigenvalue weighted by Gasteiger charge is 2.35. The summed E-state index contributed by atoms with van der Waals surface area (Å²) in [7, 11) is 0. The molecule has 0 spiro atoms. The first-order valence-electron chi connectivity index (χ1n) is 7.89. The van der Waals surface area contributed by atoms with Gasteiger partial charge in [0, 0.05) is 0 Å². The van der Waals surface area contributed by atoms with Crippen LogP contribution in [0.25, 0.3) is 0 Å². The molecule has 0 unspecified atom stereocenters. The zero-order valence-electron chi connectivity index (χ0n) is 13.0. The summed E-state index contributed by atoms with van der Waals surface area (Å²) in [5, 5.41) is 0. The standard InChI is InChI=1S/C19H15NO4/c21-17-15-6-1-2-7-16(15)18(22)20(17)11-24-19(23)14-9-8-12-4-3-5-13(12)10-14/h1-2,6-10H,3-5,11H2. The Kier molecular flexibility index (Phi) is 3.41. The summed E-state index contributed by atoms with van der Waals surface area (Å²) in [5.74, 6) is -1.39. The molecule has 0 atom stereocenters. The van der Waals surface area contributed by atoms with Crippen molar-refractivity contribution in [2.24, 2.45) is 0 Å². The lowest BCUT2D eigenvalue weighted by Crippen LogP contribution is -2.33. The van der Waals surface area contributed by atoms with Crippen molar-refractivity contribution in [2.45, 2.75) is 19.3 Å². The minimum absolute atomic E-state index is 0.344. The summed E-state index contributed by atoms with van der Waals surface area (Å²) >= 11 is 0. The maximum Gasteiger partial charge on any atom is 0.339 e. The number of hydrogen-bond donors (Lipinski definition) is 0. The molecule has 0 saturated heterocycles. The van der Waals surface area contributed by atoms with Gasteiger partial charge in [-0.05, 0) is 54.7 Å². The molecule has 0 aromatic heterocycles. The third-order valence-electron chi connectivity index (χ3n) is 4.54. The van der Waals surface area contributed by atoms with Gasteiger partial charge < -0.3 is 4.74 Å². The van der Waals surface area contributed by atoms with Crippen LogP contribution in [0.4, 0.5) is 0 Å². The first-order chi connectivity index (χ1) is 11.6. The molecule has 1 aliphatic carbocycles. The van der Waals surface area contributed by atoms with Crippen molar-refractivity contribution in [1.82, 2.24) is 4.90 Å². The molecular formula is C19H15NO4. The van der Waals surface area contributed by atoms with E-state index in [9.17, 15) is 14.4 Å². The SMILES string of the molecule is O=C(OCN1C(=O)c2ccccc2C1=O)c1ccc2c(c1)CCC2. The topological polar surface area (TPSA) is 63.7 Å². The lowest BCUT2D eigenvalue weighted by molar-refractivity contribution is 0.0228. The van der Waals surface area contributed by atoms with E-state index in [0.717, 1.165) is 24.2 Å². The van der Waals surface area contributed by atoms with E-state index in [1.807, 2.05) is 12.1 Å². The zero-order chi connectivity index (χ0) is 16.7. The van der Waals surface area contributed by atoms with E-state index in [1.54, 1.807) is 30.3 Å². The number of carbonyl (C=O) groups excluding carboxylic acids is 3. The van der Waals surface area contributed by atoms with Gasteiger partial charge in [0.1, 0.15) is 0 Å².